The summed E-state index contributed by atoms with van der Waals surface area (Å²) in [5.41, 5.74) is 0.956. The molecule has 0 aliphatic heterocycles. The fourth-order valence-electron chi connectivity index (χ4n) is 2.13. The Kier molecular flexibility index (Phi) is 3.95. The van der Waals surface area contributed by atoms with E-state index in [1.165, 1.54) is 0 Å². The van der Waals surface area contributed by atoms with Crippen LogP contribution in [-0.2, 0) is 6.54 Å². The number of aryl methyl sites for hydroxylation is 1. The Morgan fingerprint density at radius 1 is 1.24 bits per heavy atom. The van der Waals surface area contributed by atoms with Crippen LogP contribution in [0.1, 0.15) is 6.42 Å². The highest BCUT2D eigenvalue weighted by Gasteiger charge is 2.00. The highest BCUT2D eigenvalue weighted by molar-refractivity contribution is 5.81. The van der Waals surface area contributed by atoms with Crippen molar-refractivity contribution in [2.24, 2.45) is 0 Å². The average molecular weight is 283 g/mol. The lowest BCUT2D eigenvalue weighted by Crippen LogP contribution is -2.08. The first-order valence-electron chi connectivity index (χ1n) is 6.86. The quantitative estimate of drug-likeness (QED) is 0.703. The van der Waals surface area contributed by atoms with Crippen LogP contribution < -0.4 is 10.1 Å². The summed E-state index contributed by atoms with van der Waals surface area (Å²) >= 11 is 0. The third kappa shape index (κ3) is 3.28. The van der Waals surface area contributed by atoms with Crippen molar-refractivity contribution in [3.63, 3.8) is 0 Å². The number of benzene rings is 1. The molecule has 0 unspecified atom stereocenters. The van der Waals surface area contributed by atoms with E-state index in [4.69, 9.17) is 4.74 Å². The standard InChI is InChI=1S/C15H17N5O/c1-21-13-4-5-14-12(9-13)3-6-15(19-14)17-7-2-8-20-11-16-10-18-20/h3-6,9-11H,2,7-8H2,1H3,(H,17,19). The number of nitrogens with one attached hydrogen (secondary N) is 1. The van der Waals surface area contributed by atoms with Gasteiger partial charge in [0.15, 0.2) is 0 Å². The van der Waals surface area contributed by atoms with Crippen LogP contribution in [0.3, 0.4) is 0 Å². The molecule has 0 bridgehead atoms. The molecule has 3 rings (SSSR count). The molecule has 21 heavy (non-hydrogen) atoms. The molecule has 1 aromatic carbocycles. The predicted octanol–water partition coefficient (Wildman–Crippen LogP) is 2.34. The van der Waals surface area contributed by atoms with Gasteiger partial charge in [-0.15, -0.1) is 0 Å². The van der Waals surface area contributed by atoms with E-state index in [0.29, 0.717) is 0 Å². The number of fused-ring (bicyclic) bond motifs is 1. The van der Waals surface area contributed by atoms with Gasteiger partial charge in [0.25, 0.3) is 0 Å². The second-order valence-electron chi connectivity index (χ2n) is 4.69. The van der Waals surface area contributed by atoms with Gasteiger partial charge in [0.05, 0.1) is 12.6 Å². The molecule has 0 aliphatic carbocycles. The predicted molar refractivity (Wildman–Crippen MR) is 81.4 cm³/mol. The minimum absolute atomic E-state index is 0.842. The summed E-state index contributed by atoms with van der Waals surface area (Å²) in [7, 11) is 1.67. The Morgan fingerprint density at radius 3 is 3.00 bits per heavy atom. The minimum Gasteiger partial charge on any atom is -0.497 e. The number of pyridine rings is 1. The lowest BCUT2D eigenvalue weighted by molar-refractivity contribution is 0.415. The highest BCUT2D eigenvalue weighted by atomic mass is 16.5. The molecule has 0 saturated carbocycles. The first-order chi connectivity index (χ1) is 10.3. The van der Waals surface area contributed by atoms with Gasteiger partial charge < -0.3 is 10.1 Å². The van der Waals surface area contributed by atoms with Gasteiger partial charge in [0.2, 0.25) is 0 Å². The Labute approximate surface area is 122 Å². The van der Waals surface area contributed by atoms with Crippen molar-refractivity contribution < 1.29 is 4.74 Å². The summed E-state index contributed by atoms with van der Waals surface area (Å²) in [5.74, 6) is 1.73. The maximum atomic E-state index is 5.21. The molecule has 0 amide bonds. The summed E-state index contributed by atoms with van der Waals surface area (Å²) in [6.07, 6.45) is 4.24. The highest BCUT2D eigenvalue weighted by Crippen LogP contribution is 2.20. The Bertz CT molecular complexity index is 711. The molecule has 0 fully saturated rings. The smallest absolute Gasteiger partial charge is 0.137 e. The van der Waals surface area contributed by atoms with E-state index < -0.39 is 0 Å². The zero-order valence-corrected chi connectivity index (χ0v) is 11.9. The molecular formula is C15H17N5O. The maximum absolute atomic E-state index is 5.21. The fourth-order valence-corrected chi connectivity index (χ4v) is 2.13. The van der Waals surface area contributed by atoms with Crippen molar-refractivity contribution in [2.75, 3.05) is 19.0 Å². The summed E-state index contributed by atoms with van der Waals surface area (Å²) in [4.78, 5) is 8.50. The van der Waals surface area contributed by atoms with Crippen molar-refractivity contribution >= 4 is 16.7 Å². The second-order valence-corrected chi connectivity index (χ2v) is 4.69. The van der Waals surface area contributed by atoms with Crippen molar-refractivity contribution in [2.45, 2.75) is 13.0 Å². The molecule has 1 N–H and O–H groups in total. The number of ether oxygens (including phenoxy) is 1. The molecule has 6 heteroatoms. The molecule has 0 atom stereocenters. The van der Waals surface area contributed by atoms with E-state index in [2.05, 4.69) is 20.4 Å². The van der Waals surface area contributed by atoms with Gasteiger partial charge in [0.1, 0.15) is 24.2 Å². The fraction of sp³-hybridized carbons (Fsp3) is 0.267. The molecule has 0 spiro atoms. The van der Waals surface area contributed by atoms with Crippen LogP contribution >= 0.6 is 0 Å². The van der Waals surface area contributed by atoms with Crippen molar-refractivity contribution in [1.29, 1.82) is 0 Å². The van der Waals surface area contributed by atoms with E-state index in [0.717, 1.165) is 42.0 Å². The van der Waals surface area contributed by atoms with Gasteiger partial charge in [-0.3, -0.25) is 4.68 Å². The zero-order valence-electron chi connectivity index (χ0n) is 11.9. The lowest BCUT2D eigenvalue weighted by Gasteiger charge is -2.07. The summed E-state index contributed by atoms with van der Waals surface area (Å²) in [6, 6.07) is 9.90. The van der Waals surface area contributed by atoms with E-state index >= 15 is 0 Å². The van der Waals surface area contributed by atoms with E-state index in [-0.39, 0.29) is 0 Å². The molecule has 2 heterocycles. The van der Waals surface area contributed by atoms with Crippen LogP contribution in [0.25, 0.3) is 10.9 Å². The third-order valence-corrected chi connectivity index (χ3v) is 3.23. The van der Waals surface area contributed by atoms with Crippen molar-refractivity contribution in [1.82, 2.24) is 19.7 Å². The zero-order chi connectivity index (χ0) is 14.5. The van der Waals surface area contributed by atoms with Crippen LogP contribution in [0.15, 0.2) is 43.0 Å². The number of aromatic nitrogens is 4. The van der Waals surface area contributed by atoms with E-state index in [1.807, 2.05) is 35.0 Å². The molecular weight excluding hydrogens is 266 g/mol. The summed E-state index contributed by atoms with van der Waals surface area (Å²) in [6.45, 7) is 1.69. The minimum atomic E-state index is 0.842. The number of hydrogen-bond acceptors (Lipinski definition) is 5. The largest absolute Gasteiger partial charge is 0.497 e. The molecule has 2 aromatic heterocycles. The molecule has 3 aromatic rings. The third-order valence-electron chi connectivity index (χ3n) is 3.23. The van der Waals surface area contributed by atoms with Gasteiger partial charge in [-0.25, -0.2) is 9.97 Å². The Morgan fingerprint density at radius 2 is 2.19 bits per heavy atom. The van der Waals surface area contributed by atoms with Crippen LogP contribution in [0.4, 0.5) is 5.82 Å². The number of nitrogens with zero attached hydrogens (tertiary/aromatic N) is 4. The van der Waals surface area contributed by atoms with Gasteiger partial charge in [-0.05, 0) is 36.8 Å². The number of anilines is 1. The van der Waals surface area contributed by atoms with E-state index in [9.17, 15) is 0 Å². The average Bonchev–Trinajstić information content (AvgIpc) is 3.04. The van der Waals surface area contributed by atoms with Crippen LogP contribution in [-0.4, -0.2) is 33.4 Å². The van der Waals surface area contributed by atoms with Crippen LogP contribution in [0.5, 0.6) is 5.75 Å². The van der Waals surface area contributed by atoms with Crippen molar-refractivity contribution in [3.05, 3.63) is 43.0 Å². The molecule has 0 aliphatic rings. The number of hydrogen-bond donors (Lipinski definition) is 1. The van der Waals surface area contributed by atoms with Gasteiger partial charge >= 0.3 is 0 Å². The normalized spacial score (nSPS) is 10.7. The summed E-state index contributed by atoms with van der Waals surface area (Å²) < 4.78 is 7.03. The number of methoxy groups -OCH3 is 1. The molecule has 6 nitrogen and oxygen atoms in total. The van der Waals surface area contributed by atoms with Gasteiger partial charge in [0, 0.05) is 18.5 Å². The summed E-state index contributed by atoms with van der Waals surface area (Å²) in [5, 5.41) is 8.46. The Hall–Kier alpha value is -2.63. The van der Waals surface area contributed by atoms with Gasteiger partial charge in [-0.1, -0.05) is 0 Å². The first-order valence-corrected chi connectivity index (χ1v) is 6.86. The number of rotatable bonds is 6. The van der Waals surface area contributed by atoms with Crippen LogP contribution in [0.2, 0.25) is 0 Å². The SMILES string of the molecule is COc1ccc2nc(NCCCn3cncn3)ccc2c1. The lowest BCUT2D eigenvalue weighted by atomic mass is 10.2. The molecule has 0 saturated heterocycles. The molecule has 0 radical (unpaired) electrons. The maximum Gasteiger partial charge on any atom is 0.137 e. The topological polar surface area (TPSA) is 64.9 Å². The molecule has 108 valence electrons. The Balaban J connectivity index is 1.59. The van der Waals surface area contributed by atoms with Crippen LogP contribution in [0, 0.1) is 0 Å². The van der Waals surface area contributed by atoms with E-state index in [1.54, 1.807) is 19.8 Å². The first kappa shape index (κ1) is 13.4. The van der Waals surface area contributed by atoms with Crippen molar-refractivity contribution in [3.8, 4) is 5.75 Å². The second kappa shape index (κ2) is 6.21. The van der Waals surface area contributed by atoms with Gasteiger partial charge in [-0.2, -0.15) is 5.10 Å². The monoisotopic (exact) mass is 283 g/mol.